The Balaban J connectivity index is 1.77. The smallest absolute Gasteiger partial charge is 0.237 e. The van der Waals surface area contributed by atoms with Crippen LogP contribution in [0.2, 0.25) is 5.02 Å². The summed E-state index contributed by atoms with van der Waals surface area (Å²) in [5.41, 5.74) is 0. The van der Waals surface area contributed by atoms with Crippen LogP contribution in [0.3, 0.4) is 0 Å². The third kappa shape index (κ3) is 3.72. The third-order valence-electron chi connectivity index (χ3n) is 3.77. The second-order valence-electron chi connectivity index (χ2n) is 6.04. The first-order valence-electron chi connectivity index (χ1n) is 7.69. The molecule has 0 aromatic carbocycles. The molecule has 6 nitrogen and oxygen atoms in total. The van der Waals surface area contributed by atoms with Crippen molar-refractivity contribution in [2.75, 3.05) is 44.4 Å². The van der Waals surface area contributed by atoms with E-state index in [-0.39, 0.29) is 18.2 Å². The molecule has 2 saturated heterocycles. The van der Waals surface area contributed by atoms with E-state index in [1.807, 2.05) is 0 Å². The number of hydrogen-bond donors (Lipinski definition) is 0. The van der Waals surface area contributed by atoms with E-state index < -0.39 is 28.7 Å². The van der Waals surface area contributed by atoms with Crippen LogP contribution < -0.4 is 9.64 Å². The summed E-state index contributed by atoms with van der Waals surface area (Å²) in [6, 6.07) is 0. The number of hydrogen-bond acceptors (Lipinski definition) is 6. The highest BCUT2D eigenvalue weighted by Crippen LogP contribution is 2.35. The Kier molecular flexibility index (Phi) is 5.10. The number of halogens is 3. The van der Waals surface area contributed by atoms with E-state index >= 15 is 0 Å². The molecule has 2 aliphatic rings. The number of ether oxygens (including phenoxy) is 4. The predicted octanol–water partition coefficient (Wildman–Crippen LogP) is 2.38. The lowest BCUT2D eigenvalue weighted by Crippen LogP contribution is -2.37. The normalized spacial score (nSPS) is 23.5. The second-order valence-corrected chi connectivity index (χ2v) is 6.42. The van der Waals surface area contributed by atoms with Crippen molar-refractivity contribution in [3.8, 4) is 5.75 Å². The lowest BCUT2D eigenvalue weighted by atomic mass is 10.3. The van der Waals surface area contributed by atoms with Gasteiger partial charge in [-0.3, -0.25) is 0 Å². The van der Waals surface area contributed by atoms with E-state index in [1.54, 1.807) is 18.7 Å². The highest BCUT2D eigenvalue weighted by Gasteiger charge is 2.34. The Morgan fingerprint density at radius 3 is 2.67 bits per heavy atom. The SMILES string of the molecule is CC1(C)OC[C@H](COc2c(F)c(N3CCOCC3)nc(F)c2Cl)O1. The molecule has 3 rings (SSSR count). The van der Waals surface area contributed by atoms with Gasteiger partial charge in [0.2, 0.25) is 11.8 Å². The van der Waals surface area contributed by atoms with Crippen molar-refractivity contribution in [2.24, 2.45) is 0 Å². The summed E-state index contributed by atoms with van der Waals surface area (Å²) >= 11 is 5.83. The van der Waals surface area contributed by atoms with Gasteiger partial charge in [-0.05, 0) is 13.8 Å². The Morgan fingerprint density at radius 1 is 1.33 bits per heavy atom. The highest BCUT2D eigenvalue weighted by atomic mass is 35.5. The third-order valence-corrected chi connectivity index (χ3v) is 4.10. The van der Waals surface area contributed by atoms with Gasteiger partial charge in [-0.2, -0.15) is 13.8 Å². The van der Waals surface area contributed by atoms with Gasteiger partial charge < -0.3 is 23.8 Å². The van der Waals surface area contributed by atoms with Crippen molar-refractivity contribution in [2.45, 2.75) is 25.7 Å². The number of morpholine rings is 1. The molecule has 0 aliphatic carbocycles. The molecule has 0 N–H and O–H groups in total. The van der Waals surface area contributed by atoms with Crippen LogP contribution in [-0.2, 0) is 14.2 Å². The van der Waals surface area contributed by atoms with E-state index in [4.69, 9.17) is 30.5 Å². The number of nitrogens with zero attached hydrogens (tertiary/aromatic N) is 2. The number of pyridine rings is 1. The molecular weight excluding hydrogens is 346 g/mol. The maximum Gasteiger partial charge on any atom is 0.237 e. The molecule has 134 valence electrons. The van der Waals surface area contributed by atoms with Crippen LogP contribution in [0.15, 0.2) is 0 Å². The monoisotopic (exact) mass is 364 g/mol. The molecule has 0 bridgehead atoms. The van der Waals surface area contributed by atoms with Gasteiger partial charge in [-0.25, -0.2) is 0 Å². The van der Waals surface area contributed by atoms with E-state index in [1.165, 1.54) is 0 Å². The first-order valence-corrected chi connectivity index (χ1v) is 8.07. The van der Waals surface area contributed by atoms with Crippen molar-refractivity contribution in [3.63, 3.8) is 0 Å². The number of anilines is 1. The van der Waals surface area contributed by atoms with Crippen LogP contribution in [0.4, 0.5) is 14.6 Å². The van der Waals surface area contributed by atoms with Crippen molar-refractivity contribution in [1.29, 1.82) is 0 Å². The summed E-state index contributed by atoms with van der Waals surface area (Å²) in [5.74, 6) is -2.98. The fourth-order valence-corrected chi connectivity index (χ4v) is 2.80. The number of aromatic nitrogens is 1. The lowest BCUT2D eigenvalue weighted by Gasteiger charge is -2.28. The van der Waals surface area contributed by atoms with Gasteiger partial charge in [-0.1, -0.05) is 11.6 Å². The van der Waals surface area contributed by atoms with Crippen LogP contribution in [0.5, 0.6) is 5.75 Å². The minimum absolute atomic E-state index is 0.00786. The van der Waals surface area contributed by atoms with Gasteiger partial charge in [0.25, 0.3) is 0 Å². The molecular formula is C15H19ClF2N2O4. The molecule has 9 heteroatoms. The molecule has 0 unspecified atom stereocenters. The zero-order valence-electron chi connectivity index (χ0n) is 13.5. The molecule has 2 fully saturated rings. The van der Waals surface area contributed by atoms with Crippen LogP contribution >= 0.6 is 11.6 Å². The minimum atomic E-state index is -0.974. The minimum Gasteiger partial charge on any atom is -0.486 e. The highest BCUT2D eigenvalue weighted by molar-refractivity contribution is 6.32. The summed E-state index contributed by atoms with van der Waals surface area (Å²) < 4.78 is 50.3. The average molecular weight is 365 g/mol. The average Bonchev–Trinajstić information content (AvgIpc) is 2.91. The van der Waals surface area contributed by atoms with Crippen molar-refractivity contribution >= 4 is 17.4 Å². The molecule has 2 aliphatic heterocycles. The molecule has 1 aromatic rings. The first kappa shape index (κ1) is 17.6. The van der Waals surface area contributed by atoms with E-state index in [0.717, 1.165) is 0 Å². The van der Waals surface area contributed by atoms with Gasteiger partial charge in [0.05, 0.1) is 19.8 Å². The molecule has 0 amide bonds. The van der Waals surface area contributed by atoms with Crippen LogP contribution in [0, 0.1) is 11.8 Å². The molecule has 0 radical (unpaired) electrons. The van der Waals surface area contributed by atoms with Crippen molar-refractivity contribution in [3.05, 3.63) is 16.8 Å². The molecule has 1 atom stereocenters. The maximum atomic E-state index is 14.7. The van der Waals surface area contributed by atoms with E-state index in [9.17, 15) is 8.78 Å². The zero-order chi connectivity index (χ0) is 17.3. The van der Waals surface area contributed by atoms with Crippen LogP contribution in [0.25, 0.3) is 0 Å². The van der Waals surface area contributed by atoms with Gasteiger partial charge in [0.1, 0.15) is 17.7 Å². The topological polar surface area (TPSA) is 53.1 Å². The van der Waals surface area contributed by atoms with Gasteiger partial charge in [0.15, 0.2) is 17.4 Å². The quantitative estimate of drug-likeness (QED) is 0.765. The van der Waals surface area contributed by atoms with Crippen LogP contribution in [-0.4, -0.2) is 56.4 Å². The fraction of sp³-hybridized carbons (Fsp3) is 0.667. The van der Waals surface area contributed by atoms with Crippen LogP contribution in [0.1, 0.15) is 13.8 Å². The van der Waals surface area contributed by atoms with Crippen molar-refractivity contribution < 1.29 is 27.7 Å². The standard InChI is InChI=1S/C15H19ClF2N2O4/c1-15(2)23-8-9(24-15)7-22-12-10(16)13(18)19-14(11(12)17)20-3-5-21-6-4-20/h9H,3-8H2,1-2H3/t9-/m0/s1. The Hall–Kier alpha value is -1.22. The predicted molar refractivity (Wildman–Crippen MR) is 82.6 cm³/mol. The largest absolute Gasteiger partial charge is 0.486 e. The van der Waals surface area contributed by atoms with E-state index in [0.29, 0.717) is 32.9 Å². The van der Waals surface area contributed by atoms with Gasteiger partial charge in [-0.15, -0.1) is 0 Å². The van der Waals surface area contributed by atoms with Crippen molar-refractivity contribution in [1.82, 2.24) is 4.98 Å². The second kappa shape index (κ2) is 6.95. The summed E-state index contributed by atoms with van der Waals surface area (Å²) in [5, 5.41) is -0.484. The molecule has 24 heavy (non-hydrogen) atoms. The Morgan fingerprint density at radius 2 is 2.04 bits per heavy atom. The molecule has 0 spiro atoms. The molecule has 3 heterocycles. The van der Waals surface area contributed by atoms with Gasteiger partial charge in [0, 0.05) is 13.1 Å². The van der Waals surface area contributed by atoms with E-state index in [2.05, 4.69) is 4.98 Å². The summed E-state index contributed by atoms with van der Waals surface area (Å²) in [6.07, 6.45) is -0.390. The summed E-state index contributed by atoms with van der Waals surface area (Å²) in [6.45, 7) is 5.50. The maximum absolute atomic E-state index is 14.7. The molecule has 0 saturated carbocycles. The zero-order valence-corrected chi connectivity index (χ0v) is 14.2. The molecule has 1 aromatic heterocycles. The Bertz CT molecular complexity index is 612. The summed E-state index contributed by atoms with van der Waals surface area (Å²) in [7, 11) is 0. The van der Waals surface area contributed by atoms with Gasteiger partial charge >= 0.3 is 0 Å². The fourth-order valence-electron chi connectivity index (χ4n) is 2.62. The first-order chi connectivity index (χ1) is 11.4. The Labute approximate surface area is 143 Å². The number of rotatable bonds is 4. The lowest BCUT2D eigenvalue weighted by molar-refractivity contribution is -0.141. The summed E-state index contributed by atoms with van der Waals surface area (Å²) in [4.78, 5) is 5.22.